The summed E-state index contributed by atoms with van der Waals surface area (Å²) in [6.45, 7) is 2.27. The number of furan rings is 1. The number of aryl methyl sites for hydroxylation is 1. The van der Waals surface area contributed by atoms with E-state index in [1.807, 2.05) is 13.0 Å². The highest BCUT2D eigenvalue weighted by atomic mass is 16.3. The fraction of sp³-hybridized carbons (Fsp3) is 0.400. The Hall–Kier alpha value is -2.76. The molecule has 1 heterocycles. The van der Waals surface area contributed by atoms with Gasteiger partial charge < -0.3 is 20.4 Å². The van der Waals surface area contributed by atoms with Crippen molar-refractivity contribution in [1.82, 2.24) is 10.6 Å². The lowest BCUT2D eigenvalue weighted by atomic mass is 9.95. The lowest BCUT2D eigenvalue weighted by Crippen LogP contribution is -2.36. The van der Waals surface area contributed by atoms with Crippen molar-refractivity contribution < 1.29 is 14.0 Å². The minimum atomic E-state index is -0.297. The lowest BCUT2D eigenvalue weighted by Gasteiger charge is -2.23. The van der Waals surface area contributed by atoms with Crippen molar-refractivity contribution in [2.75, 3.05) is 5.32 Å². The van der Waals surface area contributed by atoms with E-state index in [1.165, 1.54) is 19.3 Å². The van der Waals surface area contributed by atoms with Crippen LogP contribution in [0.4, 0.5) is 10.5 Å². The molecule has 0 radical (unpaired) electrons. The van der Waals surface area contributed by atoms with Gasteiger partial charge in [-0.3, -0.25) is 4.79 Å². The first-order chi connectivity index (χ1) is 12.6. The van der Waals surface area contributed by atoms with Crippen molar-refractivity contribution in [2.24, 2.45) is 0 Å². The zero-order chi connectivity index (χ0) is 18.4. The van der Waals surface area contributed by atoms with Crippen LogP contribution in [0.3, 0.4) is 0 Å². The average Bonchev–Trinajstić information content (AvgIpc) is 3.16. The van der Waals surface area contributed by atoms with Crippen molar-refractivity contribution in [3.8, 4) is 0 Å². The van der Waals surface area contributed by atoms with Gasteiger partial charge in [-0.2, -0.15) is 0 Å². The summed E-state index contributed by atoms with van der Waals surface area (Å²) in [5.74, 6) is -0.0454. The first-order valence-corrected chi connectivity index (χ1v) is 9.09. The van der Waals surface area contributed by atoms with E-state index in [1.54, 1.807) is 30.7 Å². The van der Waals surface area contributed by atoms with Crippen LogP contribution in [0.25, 0.3) is 0 Å². The maximum Gasteiger partial charge on any atom is 0.319 e. The maximum atomic E-state index is 12.4. The first kappa shape index (κ1) is 18.0. The number of urea groups is 1. The first-order valence-electron chi connectivity index (χ1n) is 9.09. The molecule has 0 spiro atoms. The van der Waals surface area contributed by atoms with Gasteiger partial charge in [0.2, 0.25) is 0 Å². The van der Waals surface area contributed by atoms with Crippen LogP contribution in [-0.2, 0) is 6.54 Å². The Morgan fingerprint density at radius 1 is 1.15 bits per heavy atom. The van der Waals surface area contributed by atoms with Crippen LogP contribution in [0, 0.1) is 6.92 Å². The highest BCUT2D eigenvalue weighted by molar-refractivity contribution is 5.96. The summed E-state index contributed by atoms with van der Waals surface area (Å²) in [5.41, 5.74) is 3.05. The van der Waals surface area contributed by atoms with E-state index in [0.29, 0.717) is 17.8 Å². The standard InChI is InChI=1S/C20H25N3O3/c1-14-11-16(19(24)22-17-5-3-2-4-6-17)7-8-18(14)23-20(25)21-12-15-9-10-26-13-15/h7-11,13,17H,2-6,12H2,1H3,(H,22,24)(H2,21,23,25). The van der Waals surface area contributed by atoms with Gasteiger partial charge in [-0.15, -0.1) is 0 Å². The molecule has 138 valence electrons. The molecule has 1 aromatic carbocycles. The summed E-state index contributed by atoms with van der Waals surface area (Å²) in [6.07, 6.45) is 8.89. The van der Waals surface area contributed by atoms with E-state index >= 15 is 0 Å². The molecule has 1 saturated carbocycles. The second-order valence-corrected chi connectivity index (χ2v) is 6.78. The van der Waals surface area contributed by atoms with Gasteiger partial charge in [0, 0.05) is 29.4 Å². The summed E-state index contributed by atoms with van der Waals surface area (Å²) in [6, 6.07) is 7.10. The Bertz CT molecular complexity index is 750. The summed E-state index contributed by atoms with van der Waals surface area (Å²) in [5, 5.41) is 8.68. The molecule has 0 unspecified atom stereocenters. The minimum Gasteiger partial charge on any atom is -0.472 e. The molecule has 3 rings (SSSR count). The second-order valence-electron chi connectivity index (χ2n) is 6.78. The van der Waals surface area contributed by atoms with Crippen LogP contribution in [0.15, 0.2) is 41.2 Å². The second kappa shape index (κ2) is 8.56. The van der Waals surface area contributed by atoms with Crippen molar-refractivity contribution >= 4 is 17.6 Å². The number of hydrogen-bond donors (Lipinski definition) is 3. The van der Waals surface area contributed by atoms with Crippen LogP contribution < -0.4 is 16.0 Å². The fourth-order valence-corrected chi connectivity index (χ4v) is 3.20. The molecule has 6 heteroatoms. The number of amides is 3. The number of anilines is 1. The lowest BCUT2D eigenvalue weighted by molar-refractivity contribution is 0.0927. The molecule has 1 fully saturated rings. The number of rotatable bonds is 5. The molecule has 1 aromatic heterocycles. The highest BCUT2D eigenvalue weighted by Gasteiger charge is 2.17. The van der Waals surface area contributed by atoms with Gasteiger partial charge in [-0.25, -0.2) is 4.79 Å². The predicted octanol–water partition coefficient (Wildman–Crippen LogP) is 3.97. The molecule has 3 N–H and O–H groups in total. The largest absolute Gasteiger partial charge is 0.472 e. The Morgan fingerprint density at radius 2 is 1.96 bits per heavy atom. The summed E-state index contributed by atoms with van der Waals surface area (Å²) in [7, 11) is 0. The van der Waals surface area contributed by atoms with E-state index in [0.717, 1.165) is 24.0 Å². The van der Waals surface area contributed by atoms with E-state index in [9.17, 15) is 9.59 Å². The number of hydrogen-bond acceptors (Lipinski definition) is 3. The summed E-state index contributed by atoms with van der Waals surface area (Å²) >= 11 is 0. The molecule has 0 atom stereocenters. The SMILES string of the molecule is Cc1cc(C(=O)NC2CCCCC2)ccc1NC(=O)NCc1ccoc1. The van der Waals surface area contributed by atoms with Crippen LogP contribution >= 0.6 is 0 Å². The van der Waals surface area contributed by atoms with Crippen LogP contribution in [0.1, 0.15) is 53.6 Å². The average molecular weight is 355 g/mol. The van der Waals surface area contributed by atoms with Crippen molar-refractivity contribution in [3.05, 3.63) is 53.5 Å². The molecule has 2 aromatic rings. The van der Waals surface area contributed by atoms with Gasteiger partial charge in [0.15, 0.2) is 0 Å². The normalized spacial score (nSPS) is 14.7. The van der Waals surface area contributed by atoms with Crippen molar-refractivity contribution in [3.63, 3.8) is 0 Å². The minimum absolute atomic E-state index is 0.0454. The number of carbonyl (C=O) groups is 2. The predicted molar refractivity (Wildman–Crippen MR) is 100 cm³/mol. The third kappa shape index (κ3) is 4.88. The van der Waals surface area contributed by atoms with Crippen LogP contribution in [0.2, 0.25) is 0 Å². The zero-order valence-corrected chi connectivity index (χ0v) is 15.0. The van der Waals surface area contributed by atoms with Crippen LogP contribution in [0.5, 0.6) is 0 Å². The van der Waals surface area contributed by atoms with Gasteiger partial charge in [-0.05, 0) is 49.6 Å². The Kier molecular flexibility index (Phi) is 5.94. The molecule has 0 saturated heterocycles. The van der Waals surface area contributed by atoms with Crippen molar-refractivity contribution in [1.29, 1.82) is 0 Å². The van der Waals surface area contributed by atoms with Crippen molar-refractivity contribution in [2.45, 2.75) is 51.6 Å². The number of benzene rings is 1. The Balaban J connectivity index is 1.54. The van der Waals surface area contributed by atoms with Crippen LogP contribution in [-0.4, -0.2) is 18.0 Å². The quantitative estimate of drug-likeness (QED) is 0.759. The molecule has 26 heavy (non-hydrogen) atoms. The number of carbonyl (C=O) groups excluding carboxylic acids is 2. The molecular formula is C20H25N3O3. The van der Waals surface area contributed by atoms with Gasteiger partial charge in [0.25, 0.3) is 5.91 Å². The maximum absolute atomic E-state index is 12.4. The third-order valence-electron chi connectivity index (χ3n) is 4.71. The van der Waals surface area contributed by atoms with E-state index in [2.05, 4.69) is 16.0 Å². The van der Waals surface area contributed by atoms with Gasteiger partial charge in [-0.1, -0.05) is 19.3 Å². The molecule has 1 aliphatic rings. The molecule has 1 aliphatic carbocycles. The Labute approximate surface area is 153 Å². The zero-order valence-electron chi connectivity index (χ0n) is 15.0. The molecule has 3 amide bonds. The topological polar surface area (TPSA) is 83.4 Å². The van der Waals surface area contributed by atoms with E-state index in [-0.39, 0.29) is 18.0 Å². The van der Waals surface area contributed by atoms with Gasteiger partial charge in [0.1, 0.15) is 0 Å². The Morgan fingerprint density at radius 3 is 2.65 bits per heavy atom. The monoisotopic (exact) mass is 355 g/mol. The van der Waals surface area contributed by atoms with E-state index in [4.69, 9.17) is 4.42 Å². The van der Waals surface area contributed by atoms with Gasteiger partial charge in [0.05, 0.1) is 12.5 Å². The van der Waals surface area contributed by atoms with Gasteiger partial charge >= 0.3 is 6.03 Å². The summed E-state index contributed by atoms with van der Waals surface area (Å²) in [4.78, 5) is 24.4. The molecular weight excluding hydrogens is 330 g/mol. The smallest absolute Gasteiger partial charge is 0.319 e. The molecule has 0 bridgehead atoms. The molecule has 6 nitrogen and oxygen atoms in total. The number of nitrogens with one attached hydrogen (secondary N) is 3. The summed E-state index contributed by atoms with van der Waals surface area (Å²) < 4.78 is 4.96. The highest BCUT2D eigenvalue weighted by Crippen LogP contribution is 2.20. The fourth-order valence-electron chi connectivity index (χ4n) is 3.20. The third-order valence-corrected chi connectivity index (χ3v) is 4.71. The molecule has 0 aliphatic heterocycles. The van der Waals surface area contributed by atoms with E-state index < -0.39 is 0 Å².